The van der Waals surface area contributed by atoms with Crippen LogP contribution in [0.3, 0.4) is 0 Å². The van der Waals surface area contributed by atoms with Crippen molar-refractivity contribution < 1.29 is 19.2 Å². The van der Waals surface area contributed by atoms with Crippen molar-refractivity contribution in [1.82, 2.24) is 0 Å². The van der Waals surface area contributed by atoms with Gasteiger partial charge in [0.15, 0.2) is 6.61 Å². The standard InChI is InChI=1S/C16H15ClN2O5/c17-11-3-4-13(14(7-11)19(22)23)18-15(20)8-24-16(21)12-6-9-1-2-10(12)5-9/h1-4,7,9-10,12H,5-6,8H2,(H,18,20)/t9-,10-,12-/m0/s1. The van der Waals surface area contributed by atoms with Crippen LogP contribution >= 0.6 is 11.6 Å². The molecule has 24 heavy (non-hydrogen) atoms. The molecule has 7 nitrogen and oxygen atoms in total. The number of nitro benzene ring substituents is 1. The van der Waals surface area contributed by atoms with Gasteiger partial charge in [-0.1, -0.05) is 23.8 Å². The van der Waals surface area contributed by atoms with E-state index in [1.165, 1.54) is 12.1 Å². The number of carbonyl (C=O) groups is 2. The largest absolute Gasteiger partial charge is 0.455 e. The number of ether oxygens (including phenoxy) is 1. The minimum absolute atomic E-state index is 0.00769. The van der Waals surface area contributed by atoms with Crippen molar-refractivity contribution in [3.05, 3.63) is 45.5 Å². The first-order valence-corrected chi connectivity index (χ1v) is 7.90. The zero-order chi connectivity index (χ0) is 17.3. The molecule has 3 atom stereocenters. The lowest BCUT2D eigenvalue weighted by atomic mass is 9.94. The van der Waals surface area contributed by atoms with E-state index in [1.807, 2.05) is 6.08 Å². The molecule has 1 aromatic rings. The molecule has 2 aliphatic rings. The molecule has 0 unspecified atom stereocenters. The van der Waals surface area contributed by atoms with Crippen LogP contribution in [-0.4, -0.2) is 23.4 Å². The van der Waals surface area contributed by atoms with Crippen molar-refractivity contribution in [2.75, 3.05) is 11.9 Å². The zero-order valence-electron chi connectivity index (χ0n) is 12.6. The first-order valence-electron chi connectivity index (χ1n) is 7.53. The first-order chi connectivity index (χ1) is 11.4. The monoisotopic (exact) mass is 350 g/mol. The molecule has 2 bridgehead atoms. The third-order valence-electron chi connectivity index (χ3n) is 4.36. The smallest absolute Gasteiger partial charge is 0.310 e. The summed E-state index contributed by atoms with van der Waals surface area (Å²) in [6.07, 6.45) is 5.85. The lowest BCUT2D eigenvalue weighted by Crippen LogP contribution is -2.26. The normalized spacial score (nSPS) is 24.0. The van der Waals surface area contributed by atoms with E-state index in [0.29, 0.717) is 5.92 Å². The number of nitrogens with one attached hydrogen (secondary N) is 1. The molecule has 0 radical (unpaired) electrons. The molecular formula is C16H15ClN2O5. The fourth-order valence-electron chi connectivity index (χ4n) is 3.24. The Bertz CT molecular complexity index is 733. The Morgan fingerprint density at radius 3 is 2.75 bits per heavy atom. The van der Waals surface area contributed by atoms with Crippen molar-refractivity contribution in [2.24, 2.45) is 17.8 Å². The molecule has 1 saturated carbocycles. The van der Waals surface area contributed by atoms with Gasteiger partial charge >= 0.3 is 5.97 Å². The summed E-state index contributed by atoms with van der Waals surface area (Å²) in [6.45, 7) is -0.476. The molecular weight excluding hydrogens is 336 g/mol. The minimum atomic E-state index is -0.644. The number of anilines is 1. The Kier molecular flexibility index (Phi) is 4.53. The summed E-state index contributed by atoms with van der Waals surface area (Å²) in [5, 5.41) is 13.5. The van der Waals surface area contributed by atoms with Gasteiger partial charge in [0, 0.05) is 11.1 Å². The van der Waals surface area contributed by atoms with E-state index in [9.17, 15) is 19.7 Å². The van der Waals surface area contributed by atoms with Crippen LogP contribution in [0.25, 0.3) is 0 Å². The number of benzene rings is 1. The van der Waals surface area contributed by atoms with Gasteiger partial charge in [-0.05, 0) is 36.8 Å². The van der Waals surface area contributed by atoms with Crippen LogP contribution in [0.2, 0.25) is 5.02 Å². The van der Waals surface area contributed by atoms with Crippen LogP contribution in [0, 0.1) is 27.9 Å². The Hall–Kier alpha value is -2.41. The van der Waals surface area contributed by atoms with E-state index in [2.05, 4.69) is 11.4 Å². The number of esters is 1. The van der Waals surface area contributed by atoms with Crippen LogP contribution < -0.4 is 5.32 Å². The predicted molar refractivity (Wildman–Crippen MR) is 86.5 cm³/mol. The van der Waals surface area contributed by atoms with E-state index in [0.717, 1.165) is 18.9 Å². The molecule has 0 saturated heterocycles. The lowest BCUT2D eigenvalue weighted by Gasteiger charge is -2.16. The molecule has 0 spiro atoms. The van der Waals surface area contributed by atoms with Crippen molar-refractivity contribution in [3.63, 3.8) is 0 Å². The molecule has 0 heterocycles. The van der Waals surface area contributed by atoms with Gasteiger partial charge in [0.25, 0.3) is 11.6 Å². The third kappa shape index (κ3) is 3.41. The van der Waals surface area contributed by atoms with Gasteiger partial charge < -0.3 is 10.1 Å². The molecule has 0 aliphatic heterocycles. The molecule has 1 aromatic carbocycles. The predicted octanol–water partition coefficient (Wildman–Crippen LogP) is 2.94. The molecule has 1 amide bonds. The van der Waals surface area contributed by atoms with E-state index >= 15 is 0 Å². The van der Waals surface area contributed by atoms with Crippen molar-refractivity contribution in [1.29, 1.82) is 0 Å². The van der Waals surface area contributed by atoms with Gasteiger partial charge in [0.05, 0.1) is 10.8 Å². The van der Waals surface area contributed by atoms with Gasteiger partial charge in [-0.3, -0.25) is 19.7 Å². The number of halogens is 1. The maximum atomic E-state index is 12.1. The van der Waals surface area contributed by atoms with E-state index in [-0.39, 0.29) is 28.2 Å². The number of allylic oxidation sites excluding steroid dienone is 2. The van der Waals surface area contributed by atoms with Crippen LogP contribution in [0.15, 0.2) is 30.4 Å². The second-order valence-corrected chi connectivity index (χ2v) is 6.40. The quantitative estimate of drug-likeness (QED) is 0.381. The number of amides is 1. The Labute approximate surface area is 142 Å². The van der Waals surface area contributed by atoms with E-state index in [4.69, 9.17) is 16.3 Å². The van der Waals surface area contributed by atoms with Gasteiger partial charge in [0.2, 0.25) is 0 Å². The van der Waals surface area contributed by atoms with Gasteiger partial charge in [-0.15, -0.1) is 0 Å². The summed E-state index contributed by atoms with van der Waals surface area (Å²) in [4.78, 5) is 34.3. The number of hydrogen-bond donors (Lipinski definition) is 1. The Balaban J connectivity index is 1.56. The molecule has 1 N–H and O–H groups in total. The lowest BCUT2D eigenvalue weighted by molar-refractivity contribution is -0.383. The van der Waals surface area contributed by atoms with E-state index < -0.39 is 23.4 Å². The molecule has 2 aliphatic carbocycles. The highest BCUT2D eigenvalue weighted by Crippen LogP contribution is 2.43. The number of nitro groups is 1. The average Bonchev–Trinajstić information content (AvgIpc) is 3.17. The maximum Gasteiger partial charge on any atom is 0.310 e. The van der Waals surface area contributed by atoms with Crippen LogP contribution in [-0.2, 0) is 14.3 Å². The highest BCUT2D eigenvalue weighted by atomic mass is 35.5. The summed E-state index contributed by atoms with van der Waals surface area (Å²) >= 11 is 5.71. The fourth-order valence-corrected chi connectivity index (χ4v) is 3.41. The first kappa shape index (κ1) is 16.4. The van der Waals surface area contributed by atoms with Crippen LogP contribution in [0.1, 0.15) is 12.8 Å². The summed E-state index contributed by atoms with van der Waals surface area (Å²) in [5.41, 5.74) is -0.311. The summed E-state index contributed by atoms with van der Waals surface area (Å²) in [6, 6.07) is 3.91. The van der Waals surface area contributed by atoms with Gasteiger partial charge in [-0.2, -0.15) is 0 Å². The third-order valence-corrected chi connectivity index (χ3v) is 4.59. The molecule has 126 valence electrons. The number of hydrogen-bond acceptors (Lipinski definition) is 5. The van der Waals surface area contributed by atoms with Crippen molar-refractivity contribution in [3.8, 4) is 0 Å². The number of carbonyl (C=O) groups excluding carboxylic acids is 2. The highest BCUT2D eigenvalue weighted by Gasteiger charge is 2.40. The summed E-state index contributed by atoms with van der Waals surface area (Å²) < 4.78 is 5.06. The van der Waals surface area contributed by atoms with Gasteiger partial charge in [-0.25, -0.2) is 0 Å². The van der Waals surface area contributed by atoms with Crippen LogP contribution in [0.5, 0.6) is 0 Å². The molecule has 1 fully saturated rings. The number of fused-ring (bicyclic) bond motifs is 2. The highest BCUT2D eigenvalue weighted by molar-refractivity contribution is 6.31. The Morgan fingerprint density at radius 2 is 2.12 bits per heavy atom. The maximum absolute atomic E-state index is 12.1. The topological polar surface area (TPSA) is 98.5 Å². The summed E-state index contributed by atoms with van der Waals surface area (Å²) in [5.74, 6) is -0.598. The number of rotatable bonds is 5. The minimum Gasteiger partial charge on any atom is -0.455 e. The average molecular weight is 351 g/mol. The second kappa shape index (κ2) is 6.60. The number of nitrogens with zero attached hydrogens (tertiary/aromatic N) is 1. The second-order valence-electron chi connectivity index (χ2n) is 5.96. The molecule has 0 aromatic heterocycles. The van der Waals surface area contributed by atoms with Crippen molar-refractivity contribution >= 4 is 34.9 Å². The molecule has 3 rings (SSSR count). The van der Waals surface area contributed by atoms with Crippen LogP contribution in [0.4, 0.5) is 11.4 Å². The SMILES string of the molecule is O=C(COC(=O)[C@H]1C[C@H]2C=C[C@H]1C2)Nc1ccc(Cl)cc1[N+](=O)[O-]. The van der Waals surface area contributed by atoms with E-state index in [1.54, 1.807) is 0 Å². The molecule has 8 heteroatoms. The fraction of sp³-hybridized carbons (Fsp3) is 0.375. The van der Waals surface area contributed by atoms with Gasteiger partial charge in [0.1, 0.15) is 5.69 Å². The zero-order valence-corrected chi connectivity index (χ0v) is 13.4. The van der Waals surface area contributed by atoms with Crippen molar-refractivity contribution in [2.45, 2.75) is 12.8 Å². The summed E-state index contributed by atoms with van der Waals surface area (Å²) in [7, 11) is 0. The Morgan fingerprint density at radius 1 is 1.33 bits per heavy atom.